The Bertz CT molecular complexity index is 806. The Kier molecular flexibility index (Phi) is 4.32. The Morgan fingerprint density at radius 2 is 2.05 bits per heavy atom. The van der Waals surface area contributed by atoms with E-state index in [9.17, 15) is 14.4 Å². The average molecular weight is 323 g/mol. The molecule has 1 N–H and O–H groups in total. The summed E-state index contributed by atoms with van der Waals surface area (Å²) >= 11 is 1.37. The summed E-state index contributed by atoms with van der Waals surface area (Å²) in [7, 11) is 0. The number of aryl methyl sites for hydroxylation is 2. The van der Waals surface area contributed by atoms with Crippen molar-refractivity contribution in [2.75, 3.05) is 6.54 Å². The number of aromatic nitrogens is 2. The lowest BCUT2D eigenvalue weighted by Gasteiger charge is -2.24. The van der Waals surface area contributed by atoms with Crippen LogP contribution in [0.1, 0.15) is 34.8 Å². The van der Waals surface area contributed by atoms with Crippen LogP contribution in [-0.2, 0) is 4.79 Å². The first kappa shape index (κ1) is 16.2. The number of carboxylic acid groups (broad SMARTS) is 1. The van der Waals surface area contributed by atoms with E-state index < -0.39 is 24.0 Å². The van der Waals surface area contributed by atoms with Crippen LogP contribution in [0.4, 0.5) is 0 Å². The van der Waals surface area contributed by atoms with Gasteiger partial charge in [0, 0.05) is 22.8 Å². The summed E-state index contributed by atoms with van der Waals surface area (Å²) in [5.74, 6) is -1.74. The largest absolute Gasteiger partial charge is 0.480 e. The summed E-state index contributed by atoms with van der Waals surface area (Å²) in [6.45, 7) is 6.60. The van der Waals surface area contributed by atoms with Gasteiger partial charge in [0.2, 0.25) is 0 Å². The molecule has 0 unspecified atom stereocenters. The molecular weight excluding hydrogens is 306 g/mol. The van der Waals surface area contributed by atoms with E-state index in [-0.39, 0.29) is 11.6 Å². The average Bonchev–Trinajstić information content (AvgIpc) is 2.71. The molecule has 2 rings (SSSR count). The lowest BCUT2D eigenvalue weighted by atomic mass is 10.2. The van der Waals surface area contributed by atoms with Gasteiger partial charge in [-0.2, -0.15) is 0 Å². The van der Waals surface area contributed by atoms with Gasteiger partial charge in [0.1, 0.15) is 12.1 Å². The highest BCUT2D eigenvalue weighted by Crippen LogP contribution is 2.18. The molecule has 0 saturated heterocycles. The Hall–Kier alpha value is -2.22. The second-order valence-electron chi connectivity index (χ2n) is 5.26. The molecule has 118 valence electrons. The minimum absolute atomic E-state index is 0.117. The van der Waals surface area contributed by atoms with Gasteiger partial charge in [0.05, 0.1) is 0 Å². The first-order valence-electron chi connectivity index (χ1n) is 6.74. The number of hydrogen-bond acceptors (Lipinski definition) is 5. The van der Waals surface area contributed by atoms with E-state index in [1.54, 1.807) is 20.8 Å². The van der Waals surface area contributed by atoms with E-state index in [2.05, 4.69) is 4.98 Å². The number of fused-ring (bicyclic) bond motifs is 1. The SMILES string of the molecule is Cc1sc2ncc(C(=O)N(CC(=O)O)C(C)C)c(=O)n2c1C. The molecule has 0 aromatic carbocycles. The molecule has 0 aliphatic rings. The fourth-order valence-electron chi connectivity index (χ4n) is 2.11. The first-order valence-corrected chi connectivity index (χ1v) is 7.56. The number of aliphatic carboxylic acids is 1. The van der Waals surface area contributed by atoms with Gasteiger partial charge in [-0.3, -0.25) is 18.8 Å². The third kappa shape index (κ3) is 2.74. The molecular formula is C14H17N3O4S. The van der Waals surface area contributed by atoms with E-state index in [0.717, 1.165) is 15.5 Å². The van der Waals surface area contributed by atoms with Crippen LogP contribution in [0.25, 0.3) is 4.96 Å². The minimum Gasteiger partial charge on any atom is -0.480 e. The lowest BCUT2D eigenvalue weighted by Crippen LogP contribution is -2.43. The highest BCUT2D eigenvalue weighted by molar-refractivity contribution is 7.17. The van der Waals surface area contributed by atoms with Gasteiger partial charge in [0.15, 0.2) is 4.96 Å². The number of carboxylic acids is 1. The van der Waals surface area contributed by atoms with Crippen LogP contribution in [0.2, 0.25) is 0 Å². The topological polar surface area (TPSA) is 92.0 Å². The van der Waals surface area contributed by atoms with Gasteiger partial charge < -0.3 is 10.0 Å². The van der Waals surface area contributed by atoms with Crippen LogP contribution in [0.15, 0.2) is 11.0 Å². The van der Waals surface area contributed by atoms with Crippen molar-refractivity contribution in [3.8, 4) is 0 Å². The van der Waals surface area contributed by atoms with Crippen molar-refractivity contribution in [3.63, 3.8) is 0 Å². The van der Waals surface area contributed by atoms with Crippen molar-refractivity contribution in [2.45, 2.75) is 33.7 Å². The Labute approximate surface area is 130 Å². The van der Waals surface area contributed by atoms with Gasteiger partial charge in [-0.25, -0.2) is 4.98 Å². The number of thiazole rings is 1. The zero-order chi connectivity index (χ0) is 16.6. The highest BCUT2D eigenvalue weighted by atomic mass is 32.1. The molecule has 0 atom stereocenters. The monoisotopic (exact) mass is 323 g/mol. The van der Waals surface area contributed by atoms with Crippen LogP contribution in [0.3, 0.4) is 0 Å². The third-order valence-corrected chi connectivity index (χ3v) is 4.51. The number of carbonyl (C=O) groups is 2. The number of rotatable bonds is 4. The Morgan fingerprint density at radius 1 is 1.41 bits per heavy atom. The minimum atomic E-state index is -1.13. The molecule has 2 heterocycles. The summed E-state index contributed by atoms with van der Waals surface area (Å²) in [6, 6.07) is -0.339. The molecule has 0 fully saturated rings. The number of nitrogens with zero attached hydrogens (tertiary/aromatic N) is 3. The molecule has 0 radical (unpaired) electrons. The predicted octanol–water partition coefficient (Wildman–Crippen LogP) is 1.31. The molecule has 22 heavy (non-hydrogen) atoms. The molecule has 0 saturated carbocycles. The van der Waals surface area contributed by atoms with Crippen LogP contribution < -0.4 is 5.56 Å². The van der Waals surface area contributed by atoms with E-state index in [1.165, 1.54) is 21.9 Å². The van der Waals surface area contributed by atoms with Gasteiger partial charge in [0.25, 0.3) is 11.5 Å². The van der Waals surface area contributed by atoms with E-state index in [1.807, 2.05) is 6.92 Å². The normalized spacial score (nSPS) is 11.1. The standard InChI is InChI=1S/C14H17N3O4S/c1-7(2)16(6-11(18)19)12(20)10-5-15-14-17(13(10)21)8(3)9(4)22-14/h5,7H,6H2,1-4H3,(H,18,19). The highest BCUT2D eigenvalue weighted by Gasteiger charge is 2.25. The smallest absolute Gasteiger partial charge is 0.323 e. The maximum Gasteiger partial charge on any atom is 0.323 e. The molecule has 2 aromatic rings. The summed E-state index contributed by atoms with van der Waals surface area (Å²) in [5.41, 5.74) is 0.155. The fraction of sp³-hybridized carbons (Fsp3) is 0.429. The maximum atomic E-state index is 12.6. The second-order valence-corrected chi connectivity index (χ2v) is 6.44. The van der Waals surface area contributed by atoms with Gasteiger partial charge in [-0.1, -0.05) is 0 Å². The molecule has 0 aliphatic heterocycles. The van der Waals surface area contributed by atoms with Crippen molar-refractivity contribution in [3.05, 3.63) is 32.7 Å². The van der Waals surface area contributed by atoms with Crippen LogP contribution in [0.5, 0.6) is 0 Å². The van der Waals surface area contributed by atoms with Crippen molar-refractivity contribution >= 4 is 28.2 Å². The molecule has 0 aliphatic carbocycles. The van der Waals surface area contributed by atoms with Crippen molar-refractivity contribution in [1.29, 1.82) is 0 Å². The fourth-order valence-corrected chi connectivity index (χ4v) is 3.04. The Balaban J connectivity index is 2.56. The predicted molar refractivity (Wildman–Crippen MR) is 82.6 cm³/mol. The molecule has 2 aromatic heterocycles. The van der Waals surface area contributed by atoms with E-state index in [0.29, 0.717) is 4.96 Å². The summed E-state index contributed by atoms with van der Waals surface area (Å²) < 4.78 is 1.40. The second kappa shape index (κ2) is 5.88. The quantitative estimate of drug-likeness (QED) is 0.916. The molecule has 7 nitrogen and oxygen atoms in total. The number of carbonyl (C=O) groups excluding carboxylic acids is 1. The summed E-state index contributed by atoms with van der Waals surface area (Å²) in [4.78, 5) is 42.7. The van der Waals surface area contributed by atoms with Gasteiger partial charge in [-0.15, -0.1) is 11.3 Å². The number of hydrogen-bond donors (Lipinski definition) is 1. The maximum absolute atomic E-state index is 12.6. The molecule has 1 amide bonds. The molecule has 0 bridgehead atoms. The van der Waals surface area contributed by atoms with Crippen LogP contribution in [0, 0.1) is 13.8 Å². The molecule has 8 heteroatoms. The Morgan fingerprint density at radius 3 is 2.59 bits per heavy atom. The van der Waals surface area contributed by atoms with Gasteiger partial charge in [-0.05, 0) is 27.7 Å². The van der Waals surface area contributed by atoms with Crippen LogP contribution in [-0.4, -0.2) is 43.9 Å². The van der Waals surface area contributed by atoms with Crippen molar-refractivity contribution < 1.29 is 14.7 Å². The summed E-state index contributed by atoms with van der Waals surface area (Å²) in [5, 5.41) is 8.93. The van der Waals surface area contributed by atoms with Gasteiger partial charge >= 0.3 is 5.97 Å². The summed E-state index contributed by atoms with van der Waals surface area (Å²) in [6.07, 6.45) is 1.23. The third-order valence-electron chi connectivity index (χ3n) is 3.44. The van der Waals surface area contributed by atoms with Crippen molar-refractivity contribution in [2.24, 2.45) is 0 Å². The first-order chi connectivity index (χ1) is 10.2. The zero-order valence-electron chi connectivity index (χ0n) is 12.8. The van der Waals surface area contributed by atoms with E-state index >= 15 is 0 Å². The van der Waals surface area contributed by atoms with Crippen LogP contribution >= 0.6 is 11.3 Å². The lowest BCUT2D eigenvalue weighted by molar-refractivity contribution is -0.138. The molecule has 0 spiro atoms. The zero-order valence-corrected chi connectivity index (χ0v) is 13.6. The van der Waals surface area contributed by atoms with Crippen molar-refractivity contribution in [1.82, 2.24) is 14.3 Å². The van der Waals surface area contributed by atoms with E-state index in [4.69, 9.17) is 5.11 Å². The number of amides is 1.